The van der Waals surface area contributed by atoms with Gasteiger partial charge in [-0.1, -0.05) is 24.3 Å². The number of hydrogen-bond donors (Lipinski definition) is 1. The minimum Gasteiger partial charge on any atom is -0.325 e. The van der Waals surface area contributed by atoms with Gasteiger partial charge in [-0.3, -0.25) is 14.2 Å². The normalized spacial score (nSPS) is 10.9. The molecule has 8 heteroatoms. The van der Waals surface area contributed by atoms with Gasteiger partial charge in [-0.2, -0.15) is 5.10 Å². The molecular weight excluding hydrogens is 356 g/mol. The molecule has 2 heterocycles. The summed E-state index contributed by atoms with van der Waals surface area (Å²) < 4.78 is 3.08. The summed E-state index contributed by atoms with van der Waals surface area (Å²) in [5.74, 6) is 0.207. The van der Waals surface area contributed by atoms with Crippen molar-refractivity contribution in [3.63, 3.8) is 0 Å². The number of nitrogens with zero attached hydrogens (tertiary/aromatic N) is 5. The average molecular weight is 374 g/mol. The van der Waals surface area contributed by atoms with Gasteiger partial charge in [0.05, 0.1) is 17.4 Å². The van der Waals surface area contributed by atoms with Crippen molar-refractivity contribution in [2.75, 3.05) is 5.32 Å². The van der Waals surface area contributed by atoms with E-state index in [2.05, 4.69) is 20.4 Å². The summed E-state index contributed by atoms with van der Waals surface area (Å²) in [4.78, 5) is 33.6. The molecule has 8 nitrogen and oxygen atoms in total. The van der Waals surface area contributed by atoms with Crippen LogP contribution in [-0.2, 0) is 17.9 Å². The molecule has 0 aliphatic heterocycles. The van der Waals surface area contributed by atoms with Gasteiger partial charge in [0.2, 0.25) is 5.91 Å². The highest BCUT2D eigenvalue weighted by Crippen LogP contribution is 2.12. The molecule has 2 aromatic heterocycles. The van der Waals surface area contributed by atoms with Crippen molar-refractivity contribution in [1.82, 2.24) is 24.3 Å². The van der Waals surface area contributed by atoms with Crippen LogP contribution in [0.1, 0.15) is 11.4 Å². The Hall–Kier alpha value is -3.81. The van der Waals surface area contributed by atoms with E-state index in [0.29, 0.717) is 29.0 Å². The van der Waals surface area contributed by atoms with Gasteiger partial charge in [0.15, 0.2) is 0 Å². The fraction of sp³-hybridized carbons (Fsp3) is 0.150. The summed E-state index contributed by atoms with van der Waals surface area (Å²) in [5.41, 5.74) is 2.03. The minimum absolute atomic E-state index is 0.101. The fourth-order valence-electron chi connectivity index (χ4n) is 3.06. The second-order valence-electron chi connectivity index (χ2n) is 6.41. The Morgan fingerprint density at radius 1 is 1.14 bits per heavy atom. The van der Waals surface area contributed by atoms with Crippen LogP contribution in [0.4, 0.5) is 5.69 Å². The molecule has 0 aliphatic rings. The maximum absolute atomic E-state index is 12.7. The Morgan fingerprint density at radius 2 is 2.00 bits per heavy atom. The first kappa shape index (κ1) is 17.6. The summed E-state index contributed by atoms with van der Waals surface area (Å²) in [6, 6.07) is 14.6. The molecule has 0 saturated heterocycles. The highest BCUT2D eigenvalue weighted by molar-refractivity contribution is 5.91. The summed E-state index contributed by atoms with van der Waals surface area (Å²) >= 11 is 0. The van der Waals surface area contributed by atoms with Crippen molar-refractivity contribution < 1.29 is 4.79 Å². The first-order valence-electron chi connectivity index (χ1n) is 8.77. The third kappa shape index (κ3) is 3.66. The number of nitrogens with one attached hydrogen (secondary N) is 1. The van der Waals surface area contributed by atoms with Crippen LogP contribution in [-0.4, -0.2) is 30.2 Å². The quantitative estimate of drug-likeness (QED) is 0.576. The second kappa shape index (κ2) is 7.43. The number of aromatic nitrogens is 5. The molecule has 1 N–H and O–H groups in total. The molecule has 0 saturated carbocycles. The summed E-state index contributed by atoms with van der Waals surface area (Å²) in [6.07, 6.45) is 3.11. The number of hydrogen-bond acceptors (Lipinski definition) is 5. The predicted octanol–water partition coefficient (Wildman–Crippen LogP) is 1.98. The Kier molecular flexibility index (Phi) is 4.67. The van der Waals surface area contributed by atoms with Crippen LogP contribution < -0.4 is 10.9 Å². The third-order valence-electron chi connectivity index (χ3n) is 4.38. The molecule has 0 radical (unpaired) electrons. The van der Waals surface area contributed by atoms with Gasteiger partial charge in [-0.25, -0.2) is 14.6 Å². The molecule has 140 valence electrons. The van der Waals surface area contributed by atoms with E-state index in [1.54, 1.807) is 42.2 Å². The number of carbonyl (C=O) groups is 1. The van der Waals surface area contributed by atoms with Crippen molar-refractivity contribution in [2.45, 2.75) is 20.0 Å². The molecule has 0 bridgehead atoms. The monoisotopic (exact) mass is 374 g/mol. The molecule has 4 rings (SSSR count). The molecule has 1 amide bonds. The van der Waals surface area contributed by atoms with E-state index >= 15 is 0 Å². The Bertz CT molecular complexity index is 1200. The Labute approximate surface area is 160 Å². The molecule has 0 fully saturated rings. The third-order valence-corrected chi connectivity index (χ3v) is 4.38. The molecule has 2 aromatic carbocycles. The molecule has 0 atom stereocenters. The number of carbonyl (C=O) groups excluding carboxylic acids is 1. The lowest BCUT2D eigenvalue weighted by Gasteiger charge is -2.12. The molecule has 0 unspecified atom stereocenters. The van der Waals surface area contributed by atoms with E-state index < -0.39 is 0 Å². The standard InChI is InChI=1S/C20H18N6O2/c1-14-23-18-8-3-2-7-17(18)20(28)26(14)11-19(27)24-16-6-4-5-15(9-16)10-25-13-21-12-22-25/h2-9,12-13H,10-11H2,1H3,(H,24,27). The highest BCUT2D eigenvalue weighted by atomic mass is 16.2. The van der Waals surface area contributed by atoms with Crippen molar-refractivity contribution in [1.29, 1.82) is 0 Å². The van der Waals surface area contributed by atoms with Gasteiger partial charge in [-0.05, 0) is 36.8 Å². The van der Waals surface area contributed by atoms with Crippen LogP contribution in [0.15, 0.2) is 66.0 Å². The van der Waals surface area contributed by atoms with Crippen molar-refractivity contribution >= 4 is 22.5 Å². The smallest absolute Gasteiger partial charge is 0.261 e. The lowest BCUT2D eigenvalue weighted by atomic mass is 10.2. The Balaban J connectivity index is 1.52. The lowest BCUT2D eigenvalue weighted by molar-refractivity contribution is -0.116. The van der Waals surface area contributed by atoms with Gasteiger partial charge < -0.3 is 5.32 Å². The lowest BCUT2D eigenvalue weighted by Crippen LogP contribution is -2.30. The van der Waals surface area contributed by atoms with Crippen LogP contribution >= 0.6 is 0 Å². The number of anilines is 1. The SMILES string of the molecule is Cc1nc2ccccc2c(=O)n1CC(=O)Nc1cccc(Cn2cncn2)c1. The van der Waals surface area contributed by atoms with Crippen molar-refractivity contribution in [3.8, 4) is 0 Å². The fourth-order valence-corrected chi connectivity index (χ4v) is 3.06. The van der Waals surface area contributed by atoms with Crippen molar-refractivity contribution in [2.24, 2.45) is 0 Å². The topological polar surface area (TPSA) is 94.7 Å². The van der Waals surface area contributed by atoms with E-state index in [-0.39, 0.29) is 18.0 Å². The number of amides is 1. The van der Waals surface area contributed by atoms with E-state index in [1.807, 2.05) is 24.3 Å². The van der Waals surface area contributed by atoms with Crippen molar-refractivity contribution in [3.05, 3.63) is 82.9 Å². The average Bonchev–Trinajstić information content (AvgIpc) is 3.18. The van der Waals surface area contributed by atoms with E-state index in [4.69, 9.17) is 0 Å². The zero-order valence-electron chi connectivity index (χ0n) is 15.2. The maximum atomic E-state index is 12.7. The van der Waals surface area contributed by atoms with Gasteiger partial charge >= 0.3 is 0 Å². The van der Waals surface area contributed by atoms with Crippen LogP contribution in [0.5, 0.6) is 0 Å². The minimum atomic E-state index is -0.291. The highest BCUT2D eigenvalue weighted by Gasteiger charge is 2.12. The van der Waals surface area contributed by atoms with Gasteiger partial charge in [-0.15, -0.1) is 0 Å². The zero-order chi connectivity index (χ0) is 19.5. The number of aryl methyl sites for hydroxylation is 1. The number of fused-ring (bicyclic) bond motifs is 1. The van der Waals surface area contributed by atoms with Gasteiger partial charge in [0, 0.05) is 5.69 Å². The zero-order valence-corrected chi connectivity index (χ0v) is 15.2. The van der Waals surface area contributed by atoms with E-state index in [9.17, 15) is 9.59 Å². The first-order chi connectivity index (χ1) is 13.6. The largest absolute Gasteiger partial charge is 0.325 e. The van der Waals surface area contributed by atoms with Crippen LogP contribution in [0.25, 0.3) is 10.9 Å². The van der Waals surface area contributed by atoms with Crippen LogP contribution in [0.3, 0.4) is 0 Å². The number of benzene rings is 2. The van der Waals surface area contributed by atoms with Crippen LogP contribution in [0, 0.1) is 6.92 Å². The van der Waals surface area contributed by atoms with E-state index in [1.165, 1.54) is 10.9 Å². The van der Waals surface area contributed by atoms with Gasteiger partial charge in [0.1, 0.15) is 25.0 Å². The molecule has 4 aromatic rings. The molecule has 0 aliphatic carbocycles. The summed E-state index contributed by atoms with van der Waals surface area (Å²) in [7, 11) is 0. The van der Waals surface area contributed by atoms with Crippen LogP contribution in [0.2, 0.25) is 0 Å². The summed E-state index contributed by atoms with van der Waals surface area (Å²) in [5, 5.41) is 7.41. The van der Waals surface area contributed by atoms with Gasteiger partial charge in [0.25, 0.3) is 5.56 Å². The van der Waals surface area contributed by atoms with E-state index in [0.717, 1.165) is 5.56 Å². The predicted molar refractivity (Wildman–Crippen MR) is 105 cm³/mol. The molecular formula is C20H18N6O2. The maximum Gasteiger partial charge on any atom is 0.261 e. The molecule has 28 heavy (non-hydrogen) atoms. The molecule has 0 spiro atoms. The second-order valence-corrected chi connectivity index (χ2v) is 6.41. The number of rotatable bonds is 5. The summed E-state index contributed by atoms with van der Waals surface area (Å²) in [6.45, 7) is 2.17. The Morgan fingerprint density at radius 3 is 2.82 bits per heavy atom. The first-order valence-corrected chi connectivity index (χ1v) is 8.77. The number of para-hydroxylation sites is 1.